The maximum absolute atomic E-state index is 6.58. The second-order valence-electron chi connectivity index (χ2n) is 13.8. The summed E-state index contributed by atoms with van der Waals surface area (Å²) in [6, 6.07) is 72.1. The van der Waals surface area contributed by atoms with Gasteiger partial charge in [-0.25, -0.2) is 9.97 Å². The molecule has 10 rings (SSSR count). The maximum Gasteiger partial charge on any atom is 0.161 e. The van der Waals surface area contributed by atoms with Crippen LogP contribution in [0, 0.1) is 0 Å². The van der Waals surface area contributed by atoms with Gasteiger partial charge in [0.15, 0.2) is 5.82 Å². The smallest absolute Gasteiger partial charge is 0.161 e. The van der Waals surface area contributed by atoms with Crippen LogP contribution in [-0.2, 0) is 0 Å². The van der Waals surface area contributed by atoms with Gasteiger partial charge in [0.05, 0.1) is 11.4 Å². The fourth-order valence-corrected chi connectivity index (χ4v) is 7.58. The molecule has 3 heteroatoms. The minimum atomic E-state index is 0.675. The summed E-state index contributed by atoms with van der Waals surface area (Å²) in [5.41, 5.74) is 15.3. The molecule has 258 valence electrons. The Kier molecular flexibility index (Phi) is 8.16. The number of fused-ring (bicyclic) bond motifs is 3. The van der Waals surface area contributed by atoms with Crippen LogP contribution in [0.4, 0.5) is 0 Å². The predicted octanol–water partition coefficient (Wildman–Crippen LogP) is 14.0. The predicted molar refractivity (Wildman–Crippen MR) is 227 cm³/mol. The molecule has 0 aliphatic heterocycles. The molecule has 0 fully saturated rings. The van der Waals surface area contributed by atoms with Crippen LogP contribution in [-0.4, -0.2) is 9.97 Å². The second-order valence-corrected chi connectivity index (χ2v) is 13.8. The molecule has 2 heterocycles. The molecule has 0 unspecified atom stereocenters. The lowest BCUT2D eigenvalue weighted by molar-refractivity contribution is 0.670. The third-order valence-electron chi connectivity index (χ3n) is 10.3. The van der Waals surface area contributed by atoms with Gasteiger partial charge in [0.1, 0.15) is 11.2 Å². The highest BCUT2D eigenvalue weighted by molar-refractivity contribution is 6.09. The van der Waals surface area contributed by atoms with Crippen LogP contribution in [0.2, 0.25) is 0 Å². The molecule has 0 aliphatic carbocycles. The normalized spacial score (nSPS) is 11.3. The Morgan fingerprint density at radius 2 is 0.782 bits per heavy atom. The van der Waals surface area contributed by atoms with Crippen LogP contribution >= 0.6 is 0 Å². The summed E-state index contributed by atoms with van der Waals surface area (Å²) in [6.07, 6.45) is 0. The molecule has 10 aromatic rings. The number of aromatic nitrogens is 2. The molecule has 0 aliphatic rings. The van der Waals surface area contributed by atoms with E-state index >= 15 is 0 Å². The molecule has 2 aromatic heterocycles. The minimum Gasteiger partial charge on any atom is -0.455 e. The van der Waals surface area contributed by atoms with Crippen molar-refractivity contribution in [2.24, 2.45) is 0 Å². The average Bonchev–Trinajstić information content (AvgIpc) is 3.66. The number of hydrogen-bond donors (Lipinski definition) is 0. The zero-order chi connectivity index (χ0) is 36.6. The first-order valence-electron chi connectivity index (χ1n) is 18.6. The number of hydrogen-bond acceptors (Lipinski definition) is 3. The zero-order valence-corrected chi connectivity index (χ0v) is 29.9. The summed E-state index contributed by atoms with van der Waals surface area (Å²) in [6.45, 7) is 0. The fraction of sp³-hybridized carbons (Fsp3) is 0. The van der Waals surface area contributed by atoms with Gasteiger partial charge < -0.3 is 4.42 Å². The van der Waals surface area contributed by atoms with Crippen LogP contribution in [0.25, 0.3) is 100 Å². The van der Waals surface area contributed by atoms with E-state index in [1.807, 2.05) is 24.3 Å². The Morgan fingerprint density at radius 3 is 1.51 bits per heavy atom. The van der Waals surface area contributed by atoms with Crippen molar-refractivity contribution in [1.82, 2.24) is 9.97 Å². The van der Waals surface area contributed by atoms with E-state index in [1.54, 1.807) is 0 Å². The Hall–Kier alpha value is -7.36. The van der Waals surface area contributed by atoms with Crippen molar-refractivity contribution in [3.63, 3.8) is 0 Å². The minimum absolute atomic E-state index is 0.675. The average molecular weight is 703 g/mol. The Morgan fingerprint density at radius 1 is 0.291 bits per heavy atom. The highest BCUT2D eigenvalue weighted by atomic mass is 16.3. The largest absolute Gasteiger partial charge is 0.455 e. The molecule has 0 radical (unpaired) electrons. The first kappa shape index (κ1) is 32.3. The van der Waals surface area contributed by atoms with Gasteiger partial charge in [0.25, 0.3) is 0 Å². The summed E-state index contributed by atoms with van der Waals surface area (Å²) < 4.78 is 6.58. The molecule has 55 heavy (non-hydrogen) atoms. The van der Waals surface area contributed by atoms with Crippen LogP contribution in [0.1, 0.15) is 0 Å². The van der Waals surface area contributed by atoms with Crippen molar-refractivity contribution < 1.29 is 4.42 Å². The SMILES string of the molecule is c1ccc(-c2ccc(-c3cc(-c4cc(-c5ccccc5)nc(-c5ccccc5-c5ccccc5)n4)cc(-c4cccc5c4oc4ccccc45)c3)cc2)cc1. The third kappa shape index (κ3) is 6.18. The van der Waals surface area contributed by atoms with Crippen molar-refractivity contribution in [2.45, 2.75) is 0 Å². The van der Waals surface area contributed by atoms with Crippen LogP contribution in [0.3, 0.4) is 0 Å². The van der Waals surface area contributed by atoms with Crippen LogP contribution < -0.4 is 0 Å². The Labute approximate surface area is 319 Å². The molecule has 0 bridgehead atoms. The number of furan rings is 1. The van der Waals surface area contributed by atoms with Crippen molar-refractivity contribution in [3.8, 4) is 78.4 Å². The van der Waals surface area contributed by atoms with E-state index in [-0.39, 0.29) is 0 Å². The molecule has 3 nitrogen and oxygen atoms in total. The molecule has 0 spiro atoms. The molecule has 8 aromatic carbocycles. The molecule has 0 N–H and O–H groups in total. The lowest BCUT2D eigenvalue weighted by Gasteiger charge is -2.15. The van der Waals surface area contributed by atoms with E-state index in [4.69, 9.17) is 14.4 Å². The van der Waals surface area contributed by atoms with Gasteiger partial charge in [-0.05, 0) is 69.3 Å². The summed E-state index contributed by atoms with van der Waals surface area (Å²) in [5, 5.41) is 2.21. The van der Waals surface area contributed by atoms with Crippen LogP contribution in [0.5, 0.6) is 0 Å². The van der Waals surface area contributed by atoms with Gasteiger partial charge in [-0.1, -0.05) is 176 Å². The molecule has 0 amide bonds. The summed E-state index contributed by atoms with van der Waals surface area (Å²) in [4.78, 5) is 10.6. The molecule has 0 saturated heterocycles. The van der Waals surface area contributed by atoms with E-state index in [9.17, 15) is 0 Å². The first-order valence-corrected chi connectivity index (χ1v) is 18.6. The van der Waals surface area contributed by atoms with Gasteiger partial charge in [-0.3, -0.25) is 0 Å². The standard InChI is InChI=1S/C52H34N2O/c1-4-15-35(16-5-1)36-27-29-37(30-28-36)40-31-41(44-24-14-25-46-45-22-12-13-26-50(45)55-51(44)46)33-42(32-40)49-34-48(39-19-8-3-9-20-39)53-52(54-49)47-23-11-10-21-43(47)38-17-6-2-7-18-38/h1-34H. The third-order valence-corrected chi connectivity index (χ3v) is 10.3. The van der Waals surface area contributed by atoms with Gasteiger partial charge in [0, 0.05) is 33.0 Å². The van der Waals surface area contributed by atoms with Crippen molar-refractivity contribution >= 4 is 21.9 Å². The number of nitrogens with zero attached hydrogens (tertiary/aromatic N) is 2. The topological polar surface area (TPSA) is 38.9 Å². The Balaban J connectivity index is 1.20. The number of rotatable bonds is 7. The Bertz CT molecular complexity index is 2950. The van der Waals surface area contributed by atoms with E-state index < -0.39 is 0 Å². The quantitative estimate of drug-likeness (QED) is 0.166. The maximum atomic E-state index is 6.58. The van der Waals surface area contributed by atoms with E-state index in [0.717, 1.165) is 83.4 Å². The van der Waals surface area contributed by atoms with Gasteiger partial charge >= 0.3 is 0 Å². The summed E-state index contributed by atoms with van der Waals surface area (Å²) in [5.74, 6) is 0.675. The summed E-state index contributed by atoms with van der Waals surface area (Å²) in [7, 11) is 0. The highest BCUT2D eigenvalue weighted by Gasteiger charge is 2.18. The number of para-hydroxylation sites is 2. The van der Waals surface area contributed by atoms with Crippen molar-refractivity contribution in [1.29, 1.82) is 0 Å². The molecular weight excluding hydrogens is 669 g/mol. The number of benzene rings is 8. The van der Waals surface area contributed by atoms with Gasteiger partial charge in [0.2, 0.25) is 0 Å². The fourth-order valence-electron chi connectivity index (χ4n) is 7.58. The lowest BCUT2D eigenvalue weighted by atomic mass is 9.93. The summed E-state index contributed by atoms with van der Waals surface area (Å²) >= 11 is 0. The van der Waals surface area contributed by atoms with Crippen molar-refractivity contribution in [2.75, 3.05) is 0 Å². The van der Waals surface area contributed by atoms with E-state index in [0.29, 0.717) is 5.82 Å². The highest BCUT2D eigenvalue weighted by Crippen LogP contribution is 2.40. The van der Waals surface area contributed by atoms with E-state index in [2.05, 4.69) is 182 Å². The van der Waals surface area contributed by atoms with Gasteiger partial charge in [-0.2, -0.15) is 0 Å². The first-order chi connectivity index (χ1) is 27.2. The molecule has 0 saturated carbocycles. The zero-order valence-electron chi connectivity index (χ0n) is 29.9. The second kappa shape index (κ2) is 13.9. The monoisotopic (exact) mass is 702 g/mol. The molecular formula is C52H34N2O. The van der Waals surface area contributed by atoms with Gasteiger partial charge in [-0.15, -0.1) is 0 Å². The van der Waals surface area contributed by atoms with E-state index in [1.165, 1.54) is 11.1 Å². The van der Waals surface area contributed by atoms with Crippen molar-refractivity contribution in [3.05, 3.63) is 206 Å². The molecule has 0 atom stereocenters. The lowest BCUT2D eigenvalue weighted by Crippen LogP contribution is -1.98. The van der Waals surface area contributed by atoms with Crippen LogP contribution in [0.15, 0.2) is 211 Å².